The van der Waals surface area contributed by atoms with Gasteiger partial charge >= 0.3 is 5.97 Å². The van der Waals surface area contributed by atoms with Gasteiger partial charge in [0.15, 0.2) is 0 Å². The van der Waals surface area contributed by atoms with Gasteiger partial charge in [0.1, 0.15) is 12.4 Å². The van der Waals surface area contributed by atoms with Crippen molar-refractivity contribution in [1.29, 1.82) is 0 Å². The Hall–Kier alpha value is -2.38. The molecule has 1 rings (SSSR count). The maximum Gasteiger partial charge on any atom is 0.322 e. The number of nitrogens with one attached hydrogen (secondary N) is 2. The van der Waals surface area contributed by atoms with Crippen molar-refractivity contribution in [3.8, 4) is 5.88 Å². The molecule has 8 nitrogen and oxygen atoms in total. The molecule has 0 unspecified atom stereocenters. The standard InChI is InChI=1S/C9H12N4O4/c1-17-8-4-10-2-6(13-8)11-3-7(14)12-5-9(15)16/h2,4H,3,5H2,1H3,(H,11,13)(H,12,14)(H,15,16). The molecular weight excluding hydrogens is 228 g/mol. The predicted molar refractivity (Wildman–Crippen MR) is 57.7 cm³/mol. The highest BCUT2D eigenvalue weighted by Crippen LogP contribution is 2.07. The van der Waals surface area contributed by atoms with E-state index < -0.39 is 18.4 Å². The van der Waals surface area contributed by atoms with Crippen molar-refractivity contribution in [2.45, 2.75) is 0 Å². The fraction of sp³-hybridized carbons (Fsp3) is 0.333. The third kappa shape index (κ3) is 4.78. The molecule has 92 valence electrons. The van der Waals surface area contributed by atoms with Crippen LogP contribution in [0.4, 0.5) is 5.82 Å². The van der Waals surface area contributed by atoms with Crippen LogP contribution >= 0.6 is 0 Å². The number of carbonyl (C=O) groups is 2. The number of anilines is 1. The Balaban J connectivity index is 2.39. The van der Waals surface area contributed by atoms with Gasteiger partial charge in [-0.25, -0.2) is 0 Å². The number of carbonyl (C=O) groups excluding carboxylic acids is 1. The van der Waals surface area contributed by atoms with Gasteiger partial charge in [-0.1, -0.05) is 0 Å². The normalized spacial score (nSPS) is 9.47. The number of nitrogens with zero attached hydrogens (tertiary/aromatic N) is 2. The zero-order chi connectivity index (χ0) is 12.7. The summed E-state index contributed by atoms with van der Waals surface area (Å²) in [4.78, 5) is 29.1. The van der Waals surface area contributed by atoms with Crippen LogP contribution in [0.25, 0.3) is 0 Å². The van der Waals surface area contributed by atoms with Crippen molar-refractivity contribution in [3.63, 3.8) is 0 Å². The van der Waals surface area contributed by atoms with Crippen LogP contribution in [0.3, 0.4) is 0 Å². The molecule has 0 aliphatic rings. The van der Waals surface area contributed by atoms with Gasteiger partial charge in [-0.2, -0.15) is 4.98 Å². The van der Waals surface area contributed by atoms with E-state index in [-0.39, 0.29) is 6.54 Å². The van der Waals surface area contributed by atoms with E-state index in [0.29, 0.717) is 11.7 Å². The third-order valence-electron chi connectivity index (χ3n) is 1.69. The second kappa shape index (κ2) is 6.26. The Morgan fingerprint density at radius 3 is 2.82 bits per heavy atom. The Morgan fingerprint density at radius 2 is 2.18 bits per heavy atom. The average Bonchev–Trinajstić information content (AvgIpc) is 2.34. The molecule has 0 radical (unpaired) electrons. The number of aromatic nitrogens is 2. The summed E-state index contributed by atoms with van der Waals surface area (Å²) < 4.78 is 4.85. The summed E-state index contributed by atoms with van der Waals surface area (Å²) in [5.74, 6) is -0.854. The van der Waals surface area contributed by atoms with Crippen LogP contribution in [0.15, 0.2) is 12.4 Å². The first kappa shape index (κ1) is 12.7. The first-order valence-corrected chi connectivity index (χ1v) is 4.70. The first-order chi connectivity index (χ1) is 8.11. The van der Waals surface area contributed by atoms with Gasteiger partial charge in [0.05, 0.1) is 26.0 Å². The zero-order valence-electron chi connectivity index (χ0n) is 9.14. The van der Waals surface area contributed by atoms with E-state index in [1.807, 2.05) is 0 Å². The summed E-state index contributed by atoms with van der Waals surface area (Å²) in [6.07, 6.45) is 2.85. The highest BCUT2D eigenvalue weighted by atomic mass is 16.5. The second-order valence-corrected chi connectivity index (χ2v) is 2.97. The Labute approximate surface area is 97.0 Å². The molecule has 0 fully saturated rings. The fourth-order valence-electron chi connectivity index (χ4n) is 0.939. The third-order valence-corrected chi connectivity index (χ3v) is 1.69. The van der Waals surface area contributed by atoms with Crippen LogP contribution in [-0.2, 0) is 9.59 Å². The minimum absolute atomic E-state index is 0.0882. The summed E-state index contributed by atoms with van der Waals surface area (Å²) in [6.45, 7) is -0.501. The van der Waals surface area contributed by atoms with Crippen LogP contribution in [0, 0.1) is 0 Å². The van der Waals surface area contributed by atoms with Gasteiger partial charge in [0.2, 0.25) is 11.8 Å². The molecule has 0 spiro atoms. The number of carboxylic acid groups (broad SMARTS) is 1. The van der Waals surface area contributed by atoms with E-state index in [2.05, 4.69) is 20.6 Å². The predicted octanol–water partition coefficient (Wildman–Crippen LogP) is -0.902. The Morgan fingerprint density at radius 1 is 1.41 bits per heavy atom. The van der Waals surface area contributed by atoms with Crippen molar-refractivity contribution in [3.05, 3.63) is 12.4 Å². The fourth-order valence-corrected chi connectivity index (χ4v) is 0.939. The first-order valence-electron chi connectivity index (χ1n) is 4.70. The number of ether oxygens (including phenoxy) is 1. The van der Waals surface area contributed by atoms with Gasteiger partial charge in [-0.05, 0) is 0 Å². The van der Waals surface area contributed by atoms with Crippen LogP contribution in [0.2, 0.25) is 0 Å². The SMILES string of the molecule is COc1cncc(NCC(=O)NCC(=O)O)n1. The van der Waals surface area contributed by atoms with Crippen molar-refractivity contribution >= 4 is 17.7 Å². The maximum atomic E-state index is 11.2. The molecule has 1 heterocycles. The topological polar surface area (TPSA) is 113 Å². The minimum Gasteiger partial charge on any atom is -0.480 e. The van der Waals surface area contributed by atoms with E-state index >= 15 is 0 Å². The quantitative estimate of drug-likeness (QED) is 0.590. The summed E-state index contributed by atoms with van der Waals surface area (Å²) in [5, 5.41) is 13.2. The summed E-state index contributed by atoms with van der Waals surface area (Å²) in [7, 11) is 1.45. The Bertz CT molecular complexity index is 410. The van der Waals surface area contributed by atoms with E-state index in [0.717, 1.165) is 0 Å². The molecule has 0 bridgehead atoms. The minimum atomic E-state index is -1.10. The molecule has 0 atom stereocenters. The van der Waals surface area contributed by atoms with E-state index in [1.165, 1.54) is 19.5 Å². The molecule has 1 amide bonds. The molecule has 0 aliphatic heterocycles. The lowest BCUT2D eigenvalue weighted by Crippen LogP contribution is -2.34. The average molecular weight is 240 g/mol. The van der Waals surface area contributed by atoms with Crippen LogP contribution in [0.1, 0.15) is 0 Å². The van der Waals surface area contributed by atoms with Gasteiger partial charge < -0.3 is 20.5 Å². The number of hydrogen-bond donors (Lipinski definition) is 3. The summed E-state index contributed by atoms with van der Waals surface area (Å²) in [6, 6.07) is 0. The van der Waals surface area contributed by atoms with Crippen molar-refractivity contribution < 1.29 is 19.4 Å². The molecule has 0 aromatic carbocycles. The van der Waals surface area contributed by atoms with Gasteiger partial charge in [0, 0.05) is 0 Å². The monoisotopic (exact) mass is 240 g/mol. The lowest BCUT2D eigenvalue weighted by molar-refractivity contribution is -0.137. The van der Waals surface area contributed by atoms with Crippen molar-refractivity contribution in [2.75, 3.05) is 25.5 Å². The van der Waals surface area contributed by atoms with Crippen molar-refractivity contribution in [2.24, 2.45) is 0 Å². The molecule has 1 aromatic rings. The molecule has 1 aromatic heterocycles. The molecule has 0 saturated carbocycles. The zero-order valence-corrected chi connectivity index (χ0v) is 9.14. The van der Waals surface area contributed by atoms with Crippen LogP contribution in [0.5, 0.6) is 5.88 Å². The molecule has 17 heavy (non-hydrogen) atoms. The van der Waals surface area contributed by atoms with E-state index in [4.69, 9.17) is 9.84 Å². The largest absolute Gasteiger partial charge is 0.480 e. The maximum absolute atomic E-state index is 11.2. The lowest BCUT2D eigenvalue weighted by Gasteiger charge is -2.06. The number of methoxy groups -OCH3 is 1. The number of hydrogen-bond acceptors (Lipinski definition) is 6. The van der Waals surface area contributed by atoms with E-state index in [1.54, 1.807) is 0 Å². The smallest absolute Gasteiger partial charge is 0.322 e. The van der Waals surface area contributed by atoms with Crippen LogP contribution in [-0.4, -0.2) is 47.2 Å². The number of rotatable bonds is 6. The second-order valence-electron chi connectivity index (χ2n) is 2.97. The van der Waals surface area contributed by atoms with Crippen LogP contribution < -0.4 is 15.4 Å². The highest BCUT2D eigenvalue weighted by Gasteiger charge is 2.04. The number of amides is 1. The summed E-state index contributed by atoms with van der Waals surface area (Å²) >= 11 is 0. The number of aliphatic carboxylic acids is 1. The van der Waals surface area contributed by atoms with E-state index in [9.17, 15) is 9.59 Å². The molecule has 0 aliphatic carbocycles. The molecule has 8 heteroatoms. The van der Waals surface area contributed by atoms with Gasteiger partial charge in [0.25, 0.3) is 0 Å². The van der Waals surface area contributed by atoms with Gasteiger partial charge in [-0.3, -0.25) is 14.6 Å². The lowest BCUT2D eigenvalue weighted by atomic mass is 10.5. The molecule has 0 saturated heterocycles. The Kier molecular flexibility index (Phi) is 4.67. The van der Waals surface area contributed by atoms with Crippen molar-refractivity contribution in [1.82, 2.24) is 15.3 Å². The van der Waals surface area contributed by atoms with Gasteiger partial charge in [-0.15, -0.1) is 0 Å². The molecule has 3 N–H and O–H groups in total. The summed E-state index contributed by atoms with van der Waals surface area (Å²) in [5.41, 5.74) is 0. The highest BCUT2D eigenvalue weighted by molar-refractivity contribution is 5.84. The number of carboxylic acids is 1. The molecular formula is C9H12N4O4.